The van der Waals surface area contributed by atoms with Gasteiger partial charge in [-0.1, -0.05) is 18.1 Å². The average molecular weight is 313 g/mol. The van der Waals surface area contributed by atoms with Crippen LogP contribution in [-0.2, 0) is 0 Å². The van der Waals surface area contributed by atoms with Crippen LogP contribution < -0.4 is 5.46 Å². The van der Waals surface area contributed by atoms with E-state index < -0.39 is 6.55 Å². The van der Waals surface area contributed by atoms with Crippen molar-refractivity contribution in [1.82, 2.24) is 29.1 Å². The third-order valence-corrected chi connectivity index (χ3v) is 4.21. The van der Waals surface area contributed by atoms with Gasteiger partial charge >= 0.3 is 6.55 Å². The Morgan fingerprint density at radius 1 is 0.750 bits per heavy atom. The Balaban J connectivity index is 2.06. The number of terminal acetylenes is 1. The van der Waals surface area contributed by atoms with Crippen molar-refractivity contribution in [2.75, 3.05) is 0 Å². The summed E-state index contributed by atoms with van der Waals surface area (Å²) in [4.78, 5) is 0. The molecule has 24 heavy (non-hydrogen) atoms. The highest BCUT2D eigenvalue weighted by molar-refractivity contribution is 6.87. The molecule has 116 valence electrons. The van der Waals surface area contributed by atoms with Crippen molar-refractivity contribution in [2.24, 2.45) is 0 Å². The minimum absolute atomic E-state index is 0.824. The van der Waals surface area contributed by atoms with E-state index in [1.54, 1.807) is 18.6 Å². The molecule has 6 nitrogen and oxygen atoms in total. The van der Waals surface area contributed by atoms with Crippen LogP contribution in [0.5, 0.6) is 0 Å². The van der Waals surface area contributed by atoms with E-state index in [0.717, 1.165) is 11.0 Å². The van der Waals surface area contributed by atoms with Crippen molar-refractivity contribution >= 4 is 12.0 Å². The molecule has 0 N–H and O–H groups in total. The first-order chi connectivity index (χ1) is 11.9. The molecule has 3 aromatic heterocycles. The molecule has 0 spiro atoms. The maximum atomic E-state index is 5.50. The second-order valence-electron chi connectivity index (χ2n) is 5.46. The molecule has 0 radical (unpaired) electrons. The minimum Gasteiger partial charge on any atom is -0.396 e. The zero-order chi connectivity index (χ0) is 16.4. The molecule has 0 saturated heterocycles. The molecule has 7 heteroatoms. The Morgan fingerprint density at radius 3 is 1.54 bits per heavy atom. The molecule has 0 saturated carbocycles. The van der Waals surface area contributed by atoms with E-state index in [-0.39, 0.29) is 0 Å². The molecule has 4 aromatic rings. The van der Waals surface area contributed by atoms with Crippen LogP contribution in [0.2, 0.25) is 0 Å². The third kappa shape index (κ3) is 1.97. The van der Waals surface area contributed by atoms with Crippen LogP contribution in [0.25, 0.3) is 0 Å². The standard InChI is InChI=1S/C17H14BN6/c1-2-16-6-8-17(9-7-16)18(22-13-3-10-19-22,23-14-4-11-20-23)24-15-5-12-21-24/h1,3-15H/q-1. The Morgan fingerprint density at radius 2 is 1.21 bits per heavy atom. The second-order valence-corrected chi connectivity index (χ2v) is 5.46. The van der Waals surface area contributed by atoms with Gasteiger partial charge in [0.1, 0.15) is 0 Å². The summed E-state index contributed by atoms with van der Waals surface area (Å²) in [6.45, 7) is -1.77. The van der Waals surface area contributed by atoms with Crippen molar-refractivity contribution in [2.45, 2.75) is 0 Å². The van der Waals surface area contributed by atoms with Crippen LogP contribution in [0.1, 0.15) is 5.56 Å². The van der Waals surface area contributed by atoms with Gasteiger partial charge in [0.15, 0.2) is 0 Å². The van der Waals surface area contributed by atoms with Crippen LogP contribution >= 0.6 is 0 Å². The zero-order valence-electron chi connectivity index (χ0n) is 12.8. The Kier molecular flexibility index (Phi) is 3.28. The fraction of sp³-hybridized carbons (Fsp3) is 0. The first kappa shape index (κ1) is 14.1. The van der Waals surface area contributed by atoms with Crippen molar-refractivity contribution in [3.8, 4) is 12.3 Å². The number of rotatable bonds is 4. The molecular weight excluding hydrogens is 299 g/mol. The molecule has 1 aromatic carbocycles. The Hall–Kier alpha value is -3.53. The largest absolute Gasteiger partial charge is 0.396 e. The normalized spacial score (nSPS) is 11.3. The van der Waals surface area contributed by atoms with Crippen LogP contribution in [0, 0.1) is 12.3 Å². The predicted molar refractivity (Wildman–Crippen MR) is 92.6 cm³/mol. The first-order valence-corrected chi connectivity index (χ1v) is 7.57. The summed E-state index contributed by atoms with van der Waals surface area (Å²) in [6, 6.07) is 13.5. The SMILES string of the molecule is C#Cc1ccc([B-](n2cccn2)(n2cccn2)n2cccn2)cc1. The van der Waals surface area contributed by atoms with E-state index in [0.29, 0.717) is 0 Å². The molecular formula is C17H14BN6-. The zero-order valence-corrected chi connectivity index (χ0v) is 12.8. The summed E-state index contributed by atoms with van der Waals surface area (Å²) < 4.78 is 5.64. The van der Waals surface area contributed by atoms with Gasteiger partial charge in [-0.2, -0.15) is 0 Å². The lowest BCUT2D eigenvalue weighted by Crippen LogP contribution is -2.67. The predicted octanol–water partition coefficient (Wildman–Crippen LogP) is 1.05. The molecule has 3 heterocycles. The van der Waals surface area contributed by atoms with Gasteiger partial charge in [0.05, 0.1) is 0 Å². The molecule has 0 aliphatic heterocycles. The van der Waals surface area contributed by atoms with Gasteiger partial charge in [-0.15, -0.1) is 11.9 Å². The summed E-state index contributed by atoms with van der Waals surface area (Å²) in [5.74, 6) is 2.65. The van der Waals surface area contributed by atoms with Crippen LogP contribution in [0.3, 0.4) is 0 Å². The van der Waals surface area contributed by atoms with E-state index >= 15 is 0 Å². The van der Waals surface area contributed by atoms with Gasteiger partial charge in [0, 0.05) is 24.2 Å². The molecule has 0 unspecified atom stereocenters. The second kappa shape index (κ2) is 5.59. The van der Waals surface area contributed by atoms with Gasteiger partial charge in [0.25, 0.3) is 0 Å². The Labute approximate surface area is 139 Å². The highest BCUT2D eigenvalue weighted by Crippen LogP contribution is 2.13. The van der Waals surface area contributed by atoms with Crippen molar-refractivity contribution in [1.29, 1.82) is 0 Å². The van der Waals surface area contributed by atoms with E-state index in [4.69, 9.17) is 6.42 Å². The summed E-state index contributed by atoms with van der Waals surface area (Å²) >= 11 is 0. The summed E-state index contributed by atoms with van der Waals surface area (Å²) in [6.07, 6.45) is 16.5. The monoisotopic (exact) mass is 313 g/mol. The molecule has 0 fully saturated rings. The van der Waals surface area contributed by atoms with Crippen LogP contribution in [0.15, 0.2) is 79.6 Å². The topological polar surface area (TPSA) is 53.5 Å². The molecule has 0 atom stereocenters. The lowest BCUT2D eigenvalue weighted by molar-refractivity contribution is 0.744. The fourth-order valence-corrected chi connectivity index (χ4v) is 3.14. The first-order valence-electron chi connectivity index (χ1n) is 7.57. The number of nitrogens with zero attached hydrogens (tertiary/aromatic N) is 6. The average Bonchev–Trinajstić information content (AvgIpc) is 3.40. The quantitative estimate of drug-likeness (QED) is 0.418. The van der Waals surface area contributed by atoms with Crippen LogP contribution in [-0.4, -0.2) is 35.6 Å². The maximum absolute atomic E-state index is 5.50. The fourth-order valence-electron chi connectivity index (χ4n) is 3.14. The van der Waals surface area contributed by atoms with Gasteiger partial charge in [-0.05, 0) is 48.9 Å². The van der Waals surface area contributed by atoms with Gasteiger partial charge in [-0.25, -0.2) is 15.3 Å². The minimum atomic E-state index is -1.77. The smallest absolute Gasteiger partial charge is 0.369 e. The van der Waals surface area contributed by atoms with E-state index in [1.807, 2.05) is 74.8 Å². The third-order valence-electron chi connectivity index (χ3n) is 4.21. The number of hydrogen-bond donors (Lipinski definition) is 0. The van der Waals surface area contributed by atoms with Gasteiger partial charge in [-0.3, -0.25) is 0 Å². The van der Waals surface area contributed by atoms with E-state index in [9.17, 15) is 0 Å². The lowest BCUT2D eigenvalue weighted by atomic mass is 9.53. The molecule has 4 rings (SSSR count). The van der Waals surface area contributed by atoms with E-state index in [2.05, 4.69) is 21.2 Å². The van der Waals surface area contributed by atoms with Crippen LogP contribution in [0.4, 0.5) is 0 Å². The number of benzene rings is 1. The van der Waals surface area contributed by atoms with Crippen molar-refractivity contribution in [3.05, 3.63) is 85.2 Å². The summed E-state index contributed by atoms with van der Waals surface area (Å²) in [5, 5.41) is 13.5. The summed E-state index contributed by atoms with van der Waals surface area (Å²) in [7, 11) is 0. The number of aromatic nitrogens is 6. The molecule has 0 aliphatic carbocycles. The van der Waals surface area contributed by atoms with Gasteiger partial charge < -0.3 is 13.8 Å². The van der Waals surface area contributed by atoms with Gasteiger partial charge in [0.2, 0.25) is 0 Å². The van der Waals surface area contributed by atoms with E-state index in [1.165, 1.54) is 0 Å². The Bertz CT molecular complexity index is 863. The number of hydrogen-bond acceptors (Lipinski definition) is 3. The summed E-state index contributed by atoms with van der Waals surface area (Å²) in [5.41, 5.74) is 1.81. The molecule has 0 amide bonds. The maximum Gasteiger partial charge on any atom is 0.369 e. The highest BCUT2D eigenvalue weighted by atomic mass is 15.5. The van der Waals surface area contributed by atoms with Crippen molar-refractivity contribution in [3.63, 3.8) is 0 Å². The molecule has 0 aliphatic rings. The van der Waals surface area contributed by atoms with Crippen molar-refractivity contribution < 1.29 is 0 Å². The molecule has 0 bridgehead atoms. The highest BCUT2D eigenvalue weighted by Gasteiger charge is 2.36. The lowest BCUT2D eigenvalue weighted by Gasteiger charge is -2.42.